The first-order valence-corrected chi connectivity index (χ1v) is 6.23. The summed E-state index contributed by atoms with van der Waals surface area (Å²) in [6.45, 7) is 4.22. The van der Waals surface area contributed by atoms with Crippen LogP contribution in [0, 0.1) is 5.92 Å². The van der Waals surface area contributed by atoms with Gasteiger partial charge in [0.1, 0.15) is 0 Å². The maximum atomic E-state index is 5.97. The van der Waals surface area contributed by atoms with Gasteiger partial charge in [-0.2, -0.15) is 0 Å². The van der Waals surface area contributed by atoms with Crippen molar-refractivity contribution in [2.75, 3.05) is 21.3 Å². The molecular formula is C8H21NO3Si. The lowest BCUT2D eigenvalue weighted by Crippen LogP contribution is -2.59. The van der Waals surface area contributed by atoms with Crippen LogP contribution < -0.4 is 5.73 Å². The predicted molar refractivity (Wildman–Crippen MR) is 54.2 cm³/mol. The summed E-state index contributed by atoms with van der Waals surface area (Å²) < 4.78 is 15.8. The van der Waals surface area contributed by atoms with Crippen LogP contribution in [0.2, 0.25) is 0 Å². The van der Waals surface area contributed by atoms with E-state index in [1.165, 1.54) is 0 Å². The van der Waals surface area contributed by atoms with E-state index in [1.807, 2.05) is 0 Å². The normalized spacial score (nSPS) is 15.0. The van der Waals surface area contributed by atoms with Crippen LogP contribution in [-0.4, -0.2) is 35.8 Å². The highest BCUT2D eigenvalue weighted by molar-refractivity contribution is 6.62. The fraction of sp³-hybridized carbons (Fsp3) is 1.00. The van der Waals surface area contributed by atoms with Gasteiger partial charge in [0, 0.05) is 21.3 Å². The number of hydrogen-bond acceptors (Lipinski definition) is 4. The smallest absolute Gasteiger partial charge is 0.376 e. The molecule has 0 aliphatic rings. The molecule has 0 radical (unpaired) electrons. The Balaban J connectivity index is 4.34. The number of hydrogen-bond donors (Lipinski definition) is 1. The van der Waals surface area contributed by atoms with Gasteiger partial charge in [0.2, 0.25) is 0 Å². The van der Waals surface area contributed by atoms with Crippen molar-refractivity contribution < 1.29 is 13.3 Å². The molecule has 0 aromatic heterocycles. The number of nitrogens with two attached hydrogens (primary N) is 1. The molecule has 80 valence electrons. The molecule has 0 aromatic carbocycles. The van der Waals surface area contributed by atoms with Gasteiger partial charge in [0.25, 0.3) is 0 Å². The minimum Gasteiger partial charge on any atom is -0.376 e. The zero-order valence-corrected chi connectivity index (χ0v) is 10.2. The van der Waals surface area contributed by atoms with E-state index in [2.05, 4.69) is 13.8 Å². The summed E-state index contributed by atoms with van der Waals surface area (Å²) in [6.07, 6.45) is 0.849. The highest BCUT2D eigenvalue weighted by atomic mass is 28.4. The Morgan fingerprint density at radius 2 is 1.46 bits per heavy atom. The van der Waals surface area contributed by atoms with Crippen molar-refractivity contribution in [1.82, 2.24) is 0 Å². The van der Waals surface area contributed by atoms with Crippen molar-refractivity contribution in [1.29, 1.82) is 0 Å². The van der Waals surface area contributed by atoms with Crippen LogP contribution in [0.25, 0.3) is 0 Å². The lowest BCUT2D eigenvalue weighted by molar-refractivity contribution is 0.109. The monoisotopic (exact) mass is 207 g/mol. The van der Waals surface area contributed by atoms with E-state index in [4.69, 9.17) is 19.0 Å². The van der Waals surface area contributed by atoms with Crippen molar-refractivity contribution >= 4 is 8.80 Å². The second-order valence-corrected chi connectivity index (χ2v) is 6.63. The van der Waals surface area contributed by atoms with Crippen molar-refractivity contribution in [2.24, 2.45) is 11.7 Å². The summed E-state index contributed by atoms with van der Waals surface area (Å²) in [5, 5.41) is 0. The van der Waals surface area contributed by atoms with E-state index in [0.717, 1.165) is 6.42 Å². The predicted octanol–water partition coefficient (Wildman–Crippen LogP) is 0.777. The summed E-state index contributed by atoms with van der Waals surface area (Å²) in [5.41, 5.74) is 5.83. The summed E-state index contributed by atoms with van der Waals surface area (Å²) >= 11 is 0. The first-order valence-electron chi connectivity index (χ1n) is 4.43. The summed E-state index contributed by atoms with van der Waals surface area (Å²) in [6, 6.07) is 0. The van der Waals surface area contributed by atoms with E-state index >= 15 is 0 Å². The van der Waals surface area contributed by atoms with Crippen LogP contribution in [0.5, 0.6) is 0 Å². The second-order valence-electron chi connectivity index (χ2n) is 3.45. The highest BCUT2D eigenvalue weighted by Crippen LogP contribution is 2.16. The fourth-order valence-corrected chi connectivity index (χ4v) is 3.52. The van der Waals surface area contributed by atoms with Gasteiger partial charge >= 0.3 is 8.80 Å². The minimum atomic E-state index is -2.61. The Kier molecular flexibility index (Phi) is 5.74. The fourth-order valence-electron chi connectivity index (χ4n) is 1.36. The van der Waals surface area contributed by atoms with Gasteiger partial charge in [-0.1, -0.05) is 13.8 Å². The first-order chi connectivity index (χ1) is 6.02. The van der Waals surface area contributed by atoms with E-state index < -0.39 is 8.80 Å². The molecule has 0 aliphatic carbocycles. The molecule has 0 spiro atoms. The third kappa shape index (κ3) is 3.36. The van der Waals surface area contributed by atoms with Crippen molar-refractivity contribution in [3.8, 4) is 0 Å². The average molecular weight is 207 g/mol. The first kappa shape index (κ1) is 13.1. The van der Waals surface area contributed by atoms with Gasteiger partial charge in [-0.15, -0.1) is 0 Å². The van der Waals surface area contributed by atoms with Crippen LogP contribution >= 0.6 is 0 Å². The Morgan fingerprint density at radius 1 is 1.08 bits per heavy atom. The molecule has 0 aliphatic heterocycles. The molecule has 0 fully saturated rings. The van der Waals surface area contributed by atoms with E-state index in [1.54, 1.807) is 21.3 Å². The van der Waals surface area contributed by atoms with E-state index in [9.17, 15) is 0 Å². The Bertz CT molecular complexity index is 131. The molecule has 1 unspecified atom stereocenters. The Hall–Kier alpha value is 0.0569. The zero-order chi connectivity index (χ0) is 10.5. The quantitative estimate of drug-likeness (QED) is 0.654. The number of rotatable bonds is 6. The van der Waals surface area contributed by atoms with Gasteiger partial charge in [0.05, 0.1) is 5.67 Å². The van der Waals surface area contributed by atoms with Gasteiger partial charge in [-0.3, -0.25) is 0 Å². The minimum absolute atomic E-state index is 0.146. The summed E-state index contributed by atoms with van der Waals surface area (Å²) in [4.78, 5) is 0. The van der Waals surface area contributed by atoms with E-state index in [-0.39, 0.29) is 5.67 Å². The van der Waals surface area contributed by atoms with Gasteiger partial charge in [-0.25, -0.2) is 0 Å². The molecule has 2 N–H and O–H groups in total. The molecule has 5 heteroatoms. The molecule has 13 heavy (non-hydrogen) atoms. The molecule has 0 heterocycles. The van der Waals surface area contributed by atoms with E-state index in [0.29, 0.717) is 5.92 Å². The maximum Gasteiger partial charge on any atom is 0.517 e. The average Bonchev–Trinajstić information content (AvgIpc) is 2.07. The molecule has 0 rings (SSSR count). The lowest BCUT2D eigenvalue weighted by atomic mass is 10.1. The van der Waals surface area contributed by atoms with Gasteiger partial charge in [-0.05, 0) is 12.3 Å². The molecule has 4 nitrogen and oxygen atoms in total. The largest absolute Gasteiger partial charge is 0.517 e. The van der Waals surface area contributed by atoms with Crippen LogP contribution in [0.4, 0.5) is 0 Å². The molecule has 0 aromatic rings. The third-order valence-corrected chi connectivity index (χ3v) is 4.88. The topological polar surface area (TPSA) is 53.7 Å². The molecule has 1 atom stereocenters. The van der Waals surface area contributed by atoms with Crippen molar-refractivity contribution in [3.05, 3.63) is 0 Å². The van der Waals surface area contributed by atoms with Crippen molar-refractivity contribution in [3.63, 3.8) is 0 Å². The SMILES string of the molecule is CO[Si](OC)(OC)C(N)CC(C)C. The highest BCUT2D eigenvalue weighted by Gasteiger charge is 2.45. The van der Waals surface area contributed by atoms with Crippen LogP contribution in [0.1, 0.15) is 20.3 Å². The third-order valence-electron chi connectivity index (χ3n) is 2.03. The lowest BCUT2D eigenvalue weighted by Gasteiger charge is -2.30. The molecule has 0 amide bonds. The molecular weight excluding hydrogens is 186 g/mol. The zero-order valence-electron chi connectivity index (χ0n) is 9.16. The summed E-state index contributed by atoms with van der Waals surface area (Å²) in [5.74, 6) is 0.516. The Morgan fingerprint density at radius 3 is 1.69 bits per heavy atom. The standard InChI is InChI=1S/C8H21NO3Si/c1-7(2)6-8(9)13(10-3,11-4)12-5/h7-8H,6,9H2,1-5H3. The molecule has 0 saturated carbocycles. The molecule has 0 bridgehead atoms. The van der Waals surface area contributed by atoms with Gasteiger partial charge in [0.15, 0.2) is 0 Å². The van der Waals surface area contributed by atoms with Crippen LogP contribution in [0.3, 0.4) is 0 Å². The van der Waals surface area contributed by atoms with Crippen LogP contribution in [0.15, 0.2) is 0 Å². The van der Waals surface area contributed by atoms with Gasteiger partial charge < -0.3 is 19.0 Å². The van der Waals surface area contributed by atoms with Crippen molar-refractivity contribution in [2.45, 2.75) is 25.9 Å². The summed E-state index contributed by atoms with van der Waals surface area (Å²) in [7, 11) is 2.14. The van der Waals surface area contributed by atoms with Crippen LogP contribution in [-0.2, 0) is 13.3 Å². The second kappa shape index (κ2) is 5.72. The molecule has 0 saturated heterocycles. The Labute approximate surface area is 81.7 Å². The maximum absolute atomic E-state index is 5.97.